The molecule has 0 aliphatic carbocycles. The molecule has 2 saturated heterocycles. The molecule has 0 N–H and O–H groups in total. The molecule has 2 aliphatic heterocycles. The van der Waals surface area contributed by atoms with Gasteiger partial charge in [-0.3, -0.25) is 0 Å². The predicted molar refractivity (Wildman–Crippen MR) is 87.5 cm³/mol. The number of ether oxygens (including phenoxy) is 1. The van der Waals surface area contributed by atoms with E-state index in [9.17, 15) is 0 Å². The van der Waals surface area contributed by atoms with Crippen molar-refractivity contribution in [2.45, 2.75) is 45.1 Å². The molecule has 122 valence electrons. The molecule has 1 aromatic heterocycles. The van der Waals surface area contributed by atoms with Crippen LogP contribution in [0.1, 0.15) is 44.9 Å². The van der Waals surface area contributed by atoms with Gasteiger partial charge in [-0.05, 0) is 19.3 Å². The highest BCUT2D eigenvalue weighted by Crippen LogP contribution is 2.30. The van der Waals surface area contributed by atoms with Crippen LogP contribution >= 0.6 is 0 Å². The standard InChI is InChI=1S/C16H27N5O/c1-11(2)14-17-15(20(3)4)19-16(18-14)21-8-7-13-12(10-21)6-5-9-22-13/h11-13H,5-10H2,1-4H3. The molecule has 2 aliphatic rings. The number of piperidine rings is 1. The summed E-state index contributed by atoms with van der Waals surface area (Å²) < 4.78 is 5.90. The Morgan fingerprint density at radius 1 is 1.18 bits per heavy atom. The van der Waals surface area contributed by atoms with E-state index in [1.807, 2.05) is 19.0 Å². The second-order valence-electron chi connectivity index (χ2n) is 6.89. The minimum absolute atomic E-state index is 0.302. The van der Waals surface area contributed by atoms with Gasteiger partial charge in [0.25, 0.3) is 0 Å². The van der Waals surface area contributed by atoms with Crippen molar-refractivity contribution in [3.05, 3.63) is 5.82 Å². The Balaban J connectivity index is 1.84. The van der Waals surface area contributed by atoms with E-state index in [1.54, 1.807) is 0 Å². The van der Waals surface area contributed by atoms with E-state index in [4.69, 9.17) is 9.72 Å². The first kappa shape index (κ1) is 15.5. The summed E-state index contributed by atoms with van der Waals surface area (Å²) in [4.78, 5) is 18.2. The molecule has 6 nitrogen and oxygen atoms in total. The highest BCUT2D eigenvalue weighted by molar-refractivity contribution is 5.39. The van der Waals surface area contributed by atoms with Crippen molar-refractivity contribution in [3.63, 3.8) is 0 Å². The van der Waals surface area contributed by atoms with Gasteiger partial charge in [0, 0.05) is 45.6 Å². The van der Waals surface area contributed by atoms with Gasteiger partial charge in [-0.2, -0.15) is 15.0 Å². The predicted octanol–water partition coefficient (Wildman–Crippen LogP) is 2.07. The lowest BCUT2D eigenvalue weighted by molar-refractivity contribution is -0.0359. The molecule has 3 heterocycles. The van der Waals surface area contributed by atoms with Crippen LogP contribution in [0, 0.1) is 5.92 Å². The number of hydrogen-bond acceptors (Lipinski definition) is 6. The molecule has 6 heteroatoms. The number of anilines is 2. The lowest BCUT2D eigenvalue weighted by atomic mass is 9.89. The Kier molecular flexibility index (Phi) is 4.47. The number of hydrogen-bond donors (Lipinski definition) is 0. The first-order valence-electron chi connectivity index (χ1n) is 8.34. The van der Waals surface area contributed by atoms with Crippen LogP contribution in [-0.4, -0.2) is 54.8 Å². The molecule has 1 aromatic rings. The van der Waals surface area contributed by atoms with Gasteiger partial charge >= 0.3 is 0 Å². The van der Waals surface area contributed by atoms with Gasteiger partial charge in [0.05, 0.1) is 6.10 Å². The summed E-state index contributed by atoms with van der Waals surface area (Å²) >= 11 is 0. The van der Waals surface area contributed by atoms with E-state index in [0.717, 1.165) is 43.8 Å². The van der Waals surface area contributed by atoms with Crippen LogP contribution in [0.2, 0.25) is 0 Å². The third-order valence-electron chi connectivity index (χ3n) is 4.54. The number of nitrogens with zero attached hydrogens (tertiary/aromatic N) is 5. The van der Waals surface area contributed by atoms with Crippen LogP contribution in [0.15, 0.2) is 0 Å². The van der Waals surface area contributed by atoms with Crippen LogP contribution < -0.4 is 9.80 Å². The molecule has 2 unspecified atom stereocenters. The Bertz CT molecular complexity index is 493. The lowest BCUT2D eigenvalue weighted by Gasteiger charge is -2.41. The molecule has 0 radical (unpaired) electrons. The Morgan fingerprint density at radius 3 is 2.73 bits per heavy atom. The minimum atomic E-state index is 0.302. The van der Waals surface area contributed by atoms with Gasteiger partial charge < -0.3 is 14.5 Å². The quantitative estimate of drug-likeness (QED) is 0.852. The fourth-order valence-corrected chi connectivity index (χ4v) is 3.24. The molecule has 2 fully saturated rings. The molecule has 3 rings (SSSR count). The summed E-state index contributed by atoms with van der Waals surface area (Å²) in [6.07, 6.45) is 3.94. The maximum Gasteiger partial charge on any atom is 0.230 e. The zero-order valence-electron chi connectivity index (χ0n) is 14.1. The van der Waals surface area contributed by atoms with Gasteiger partial charge in [-0.15, -0.1) is 0 Å². The van der Waals surface area contributed by atoms with Crippen molar-refractivity contribution in [2.24, 2.45) is 5.92 Å². The molecular formula is C16H27N5O. The van der Waals surface area contributed by atoms with Crippen LogP contribution in [0.25, 0.3) is 0 Å². The van der Waals surface area contributed by atoms with Crippen molar-refractivity contribution in [2.75, 3.05) is 43.6 Å². The fourth-order valence-electron chi connectivity index (χ4n) is 3.24. The van der Waals surface area contributed by atoms with E-state index >= 15 is 0 Å². The molecule has 2 atom stereocenters. The maximum absolute atomic E-state index is 5.90. The minimum Gasteiger partial charge on any atom is -0.378 e. The SMILES string of the molecule is CC(C)c1nc(N(C)C)nc(N2CCC3OCCCC3C2)n1. The largest absolute Gasteiger partial charge is 0.378 e. The lowest BCUT2D eigenvalue weighted by Crippen LogP contribution is -2.47. The van der Waals surface area contributed by atoms with Crippen molar-refractivity contribution < 1.29 is 4.74 Å². The summed E-state index contributed by atoms with van der Waals surface area (Å²) in [6, 6.07) is 0. The van der Waals surface area contributed by atoms with Crippen molar-refractivity contribution in [3.8, 4) is 0 Å². The summed E-state index contributed by atoms with van der Waals surface area (Å²) in [5, 5.41) is 0. The zero-order valence-corrected chi connectivity index (χ0v) is 14.1. The normalized spacial score (nSPS) is 25.2. The molecular weight excluding hydrogens is 278 g/mol. The number of rotatable bonds is 3. The summed E-state index contributed by atoms with van der Waals surface area (Å²) in [5.74, 6) is 3.36. The van der Waals surface area contributed by atoms with E-state index in [-0.39, 0.29) is 0 Å². The van der Waals surface area contributed by atoms with Crippen LogP contribution in [0.4, 0.5) is 11.9 Å². The molecule has 0 aromatic carbocycles. The zero-order chi connectivity index (χ0) is 15.7. The molecule has 22 heavy (non-hydrogen) atoms. The second-order valence-corrected chi connectivity index (χ2v) is 6.89. The van der Waals surface area contributed by atoms with Crippen LogP contribution in [0.5, 0.6) is 0 Å². The Hall–Kier alpha value is -1.43. The second kappa shape index (κ2) is 6.36. The Morgan fingerprint density at radius 2 is 2.00 bits per heavy atom. The smallest absolute Gasteiger partial charge is 0.230 e. The first-order chi connectivity index (χ1) is 10.5. The topological polar surface area (TPSA) is 54.4 Å². The third kappa shape index (κ3) is 3.16. The van der Waals surface area contributed by atoms with Crippen molar-refractivity contribution >= 4 is 11.9 Å². The van der Waals surface area contributed by atoms with Gasteiger partial charge in [0.15, 0.2) is 0 Å². The van der Waals surface area contributed by atoms with Crippen LogP contribution in [-0.2, 0) is 4.74 Å². The first-order valence-corrected chi connectivity index (χ1v) is 8.34. The van der Waals surface area contributed by atoms with Crippen molar-refractivity contribution in [1.82, 2.24) is 15.0 Å². The summed E-state index contributed by atoms with van der Waals surface area (Å²) in [7, 11) is 3.95. The van der Waals surface area contributed by atoms with E-state index in [2.05, 4.69) is 28.7 Å². The average molecular weight is 305 g/mol. The van der Waals surface area contributed by atoms with E-state index in [1.165, 1.54) is 12.8 Å². The van der Waals surface area contributed by atoms with Gasteiger partial charge in [0.2, 0.25) is 11.9 Å². The van der Waals surface area contributed by atoms with Gasteiger partial charge in [-0.25, -0.2) is 0 Å². The van der Waals surface area contributed by atoms with Gasteiger partial charge in [-0.1, -0.05) is 13.8 Å². The fraction of sp³-hybridized carbons (Fsp3) is 0.812. The summed E-state index contributed by atoms with van der Waals surface area (Å²) in [6.45, 7) is 7.14. The number of aromatic nitrogens is 3. The van der Waals surface area contributed by atoms with E-state index < -0.39 is 0 Å². The number of fused-ring (bicyclic) bond motifs is 1. The third-order valence-corrected chi connectivity index (χ3v) is 4.54. The molecule has 0 saturated carbocycles. The van der Waals surface area contributed by atoms with Gasteiger partial charge in [0.1, 0.15) is 5.82 Å². The highest BCUT2D eigenvalue weighted by atomic mass is 16.5. The van der Waals surface area contributed by atoms with Crippen molar-refractivity contribution in [1.29, 1.82) is 0 Å². The molecule has 0 amide bonds. The summed E-state index contributed by atoms with van der Waals surface area (Å²) in [5.41, 5.74) is 0. The maximum atomic E-state index is 5.90. The van der Waals surface area contributed by atoms with E-state index in [0.29, 0.717) is 17.9 Å². The average Bonchev–Trinajstić information content (AvgIpc) is 2.53. The van der Waals surface area contributed by atoms with Crippen LogP contribution in [0.3, 0.4) is 0 Å². The molecule has 0 spiro atoms. The highest BCUT2D eigenvalue weighted by Gasteiger charge is 2.33. The Labute approximate surface area is 132 Å². The monoisotopic (exact) mass is 305 g/mol. The molecule has 0 bridgehead atoms.